The van der Waals surface area contributed by atoms with Crippen LogP contribution in [-0.4, -0.2) is 36.4 Å². The highest BCUT2D eigenvalue weighted by molar-refractivity contribution is 5.94. The van der Waals surface area contributed by atoms with Crippen LogP contribution < -0.4 is 0 Å². The lowest BCUT2D eigenvalue weighted by atomic mass is 10.1. The number of hydrogen-bond donors (Lipinski definition) is 1. The van der Waals surface area contributed by atoms with Gasteiger partial charge < -0.3 is 14.6 Å². The van der Waals surface area contributed by atoms with Gasteiger partial charge in [0.25, 0.3) is 0 Å². The molecule has 1 unspecified atom stereocenters. The van der Waals surface area contributed by atoms with E-state index >= 15 is 0 Å². The standard InChI is InChI=1S/C14H18O5/c1-3-12(9-18-4-2)19-14(17)11-7-5-6-10(8-11)13(15)16/h5-8,12H,3-4,9H2,1-2H3,(H,15,16). The zero-order chi connectivity index (χ0) is 14.3. The Morgan fingerprint density at radius 3 is 2.53 bits per heavy atom. The molecule has 104 valence electrons. The molecule has 0 spiro atoms. The molecule has 1 atom stereocenters. The minimum Gasteiger partial charge on any atom is -0.478 e. The molecular formula is C14H18O5. The zero-order valence-corrected chi connectivity index (χ0v) is 11.1. The molecule has 0 saturated heterocycles. The Morgan fingerprint density at radius 1 is 1.26 bits per heavy atom. The molecule has 19 heavy (non-hydrogen) atoms. The number of hydrogen-bond acceptors (Lipinski definition) is 4. The van der Waals surface area contributed by atoms with E-state index in [4.69, 9.17) is 14.6 Å². The molecular weight excluding hydrogens is 248 g/mol. The van der Waals surface area contributed by atoms with Crippen LogP contribution in [-0.2, 0) is 9.47 Å². The molecule has 0 aliphatic carbocycles. The van der Waals surface area contributed by atoms with Crippen molar-refractivity contribution >= 4 is 11.9 Å². The van der Waals surface area contributed by atoms with E-state index in [0.29, 0.717) is 19.6 Å². The van der Waals surface area contributed by atoms with Crippen LogP contribution in [0.25, 0.3) is 0 Å². The topological polar surface area (TPSA) is 72.8 Å². The SMILES string of the molecule is CCOCC(CC)OC(=O)c1cccc(C(=O)O)c1. The average molecular weight is 266 g/mol. The molecule has 0 radical (unpaired) electrons. The number of rotatable bonds is 7. The highest BCUT2D eigenvalue weighted by Gasteiger charge is 2.15. The molecule has 0 aliphatic rings. The molecule has 0 bridgehead atoms. The fraction of sp³-hybridized carbons (Fsp3) is 0.429. The third kappa shape index (κ3) is 4.71. The molecule has 0 aliphatic heterocycles. The van der Waals surface area contributed by atoms with Gasteiger partial charge in [0, 0.05) is 6.61 Å². The molecule has 0 heterocycles. The summed E-state index contributed by atoms with van der Waals surface area (Å²) in [4.78, 5) is 22.7. The van der Waals surface area contributed by atoms with E-state index in [1.54, 1.807) is 0 Å². The highest BCUT2D eigenvalue weighted by Crippen LogP contribution is 2.10. The van der Waals surface area contributed by atoms with Gasteiger partial charge in [-0.3, -0.25) is 0 Å². The first-order valence-corrected chi connectivity index (χ1v) is 6.20. The monoisotopic (exact) mass is 266 g/mol. The number of carboxylic acid groups (broad SMARTS) is 1. The van der Waals surface area contributed by atoms with Crippen LogP contribution in [0.4, 0.5) is 0 Å². The normalized spacial score (nSPS) is 11.9. The lowest BCUT2D eigenvalue weighted by Gasteiger charge is -2.16. The van der Waals surface area contributed by atoms with Crippen LogP contribution in [0.2, 0.25) is 0 Å². The van der Waals surface area contributed by atoms with E-state index in [0.717, 1.165) is 0 Å². The van der Waals surface area contributed by atoms with Crippen molar-refractivity contribution in [3.8, 4) is 0 Å². The van der Waals surface area contributed by atoms with Crippen molar-refractivity contribution in [2.45, 2.75) is 26.4 Å². The lowest BCUT2D eigenvalue weighted by molar-refractivity contribution is -0.00312. The number of esters is 1. The van der Waals surface area contributed by atoms with E-state index in [9.17, 15) is 9.59 Å². The molecule has 0 fully saturated rings. The summed E-state index contributed by atoms with van der Waals surface area (Å²) in [5.74, 6) is -1.61. The molecule has 1 aromatic carbocycles. The maximum atomic E-state index is 11.9. The maximum Gasteiger partial charge on any atom is 0.338 e. The van der Waals surface area contributed by atoms with E-state index in [1.807, 2.05) is 13.8 Å². The van der Waals surface area contributed by atoms with Crippen molar-refractivity contribution in [3.05, 3.63) is 35.4 Å². The Hall–Kier alpha value is -1.88. The van der Waals surface area contributed by atoms with Crippen LogP contribution in [0.1, 0.15) is 41.0 Å². The summed E-state index contributed by atoms with van der Waals surface area (Å²) in [5, 5.41) is 8.86. The smallest absolute Gasteiger partial charge is 0.338 e. The van der Waals surface area contributed by atoms with E-state index in [2.05, 4.69) is 0 Å². The predicted octanol–water partition coefficient (Wildman–Crippen LogP) is 2.36. The summed E-state index contributed by atoms with van der Waals surface area (Å²) in [6.07, 6.45) is 0.325. The van der Waals surface area contributed by atoms with Crippen molar-refractivity contribution in [2.75, 3.05) is 13.2 Å². The number of carboxylic acids is 1. The Labute approximate surface area is 112 Å². The summed E-state index contributed by atoms with van der Waals surface area (Å²) in [5.41, 5.74) is 0.294. The van der Waals surface area contributed by atoms with Crippen molar-refractivity contribution in [2.24, 2.45) is 0 Å². The number of carbonyl (C=O) groups is 2. The van der Waals surface area contributed by atoms with Gasteiger partial charge in [0.15, 0.2) is 0 Å². The van der Waals surface area contributed by atoms with Gasteiger partial charge in [0.1, 0.15) is 6.10 Å². The van der Waals surface area contributed by atoms with Gasteiger partial charge in [-0.15, -0.1) is 0 Å². The van der Waals surface area contributed by atoms with Crippen LogP contribution >= 0.6 is 0 Å². The largest absolute Gasteiger partial charge is 0.478 e. The van der Waals surface area contributed by atoms with E-state index < -0.39 is 11.9 Å². The third-order valence-corrected chi connectivity index (χ3v) is 2.58. The van der Waals surface area contributed by atoms with Gasteiger partial charge in [-0.25, -0.2) is 9.59 Å². The van der Waals surface area contributed by atoms with Gasteiger partial charge in [0.05, 0.1) is 17.7 Å². The molecule has 1 rings (SSSR count). The van der Waals surface area contributed by atoms with Crippen molar-refractivity contribution < 1.29 is 24.2 Å². The lowest BCUT2D eigenvalue weighted by Crippen LogP contribution is -2.23. The predicted molar refractivity (Wildman–Crippen MR) is 69.4 cm³/mol. The van der Waals surface area contributed by atoms with Gasteiger partial charge >= 0.3 is 11.9 Å². The zero-order valence-electron chi connectivity index (χ0n) is 11.1. The molecule has 1 aromatic rings. The first kappa shape index (κ1) is 15.2. The highest BCUT2D eigenvalue weighted by atomic mass is 16.6. The van der Waals surface area contributed by atoms with Gasteiger partial charge in [-0.2, -0.15) is 0 Å². The molecule has 0 aromatic heterocycles. The molecule has 5 nitrogen and oxygen atoms in total. The van der Waals surface area contributed by atoms with Crippen molar-refractivity contribution in [1.29, 1.82) is 0 Å². The second-order valence-corrected chi connectivity index (χ2v) is 3.98. The van der Waals surface area contributed by atoms with Crippen LogP contribution in [0.3, 0.4) is 0 Å². The number of benzene rings is 1. The van der Waals surface area contributed by atoms with Crippen molar-refractivity contribution in [3.63, 3.8) is 0 Å². The fourth-order valence-corrected chi connectivity index (χ4v) is 1.48. The van der Waals surface area contributed by atoms with Gasteiger partial charge in [0.2, 0.25) is 0 Å². The van der Waals surface area contributed by atoms with Gasteiger partial charge in [-0.1, -0.05) is 13.0 Å². The summed E-state index contributed by atoms with van der Waals surface area (Å²) in [6, 6.07) is 5.78. The second kappa shape index (κ2) is 7.53. The second-order valence-electron chi connectivity index (χ2n) is 3.98. The minimum atomic E-state index is -1.07. The number of aromatic carboxylic acids is 1. The Balaban J connectivity index is 2.71. The summed E-state index contributed by atoms with van der Waals surface area (Å²) in [6.45, 7) is 4.66. The molecule has 0 amide bonds. The van der Waals surface area contributed by atoms with Crippen LogP contribution in [0.5, 0.6) is 0 Å². The Morgan fingerprint density at radius 2 is 1.95 bits per heavy atom. The molecule has 1 N–H and O–H groups in total. The average Bonchev–Trinajstić information content (AvgIpc) is 2.43. The van der Waals surface area contributed by atoms with Crippen LogP contribution in [0, 0.1) is 0 Å². The number of ether oxygens (including phenoxy) is 2. The first-order valence-electron chi connectivity index (χ1n) is 6.20. The minimum absolute atomic E-state index is 0.0623. The first-order chi connectivity index (χ1) is 9.08. The summed E-state index contributed by atoms with van der Waals surface area (Å²) >= 11 is 0. The third-order valence-electron chi connectivity index (χ3n) is 2.58. The molecule has 0 saturated carbocycles. The Bertz CT molecular complexity index is 441. The molecule has 5 heteroatoms. The maximum absolute atomic E-state index is 11.9. The Kier molecular flexibility index (Phi) is 6.02. The van der Waals surface area contributed by atoms with Crippen LogP contribution in [0.15, 0.2) is 24.3 Å². The quantitative estimate of drug-likeness (QED) is 0.767. The van der Waals surface area contributed by atoms with E-state index in [1.165, 1.54) is 24.3 Å². The summed E-state index contributed by atoms with van der Waals surface area (Å²) in [7, 11) is 0. The summed E-state index contributed by atoms with van der Waals surface area (Å²) < 4.78 is 10.5. The van der Waals surface area contributed by atoms with E-state index in [-0.39, 0.29) is 17.2 Å². The number of carbonyl (C=O) groups excluding carboxylic acids is 1. The van der Waals surface area contributed by atoms with Gasteiger partial charge in [-0.05, 0) is 31.5 Å². The van der Waals surface area contributed by atoms with Crippen molar-refractivity contribution in [1.82, 2.24) is 0 Å². The fourth-order valence-electron chi connectivity index (χ4n) is 1.48.